The summed E-state index contributed by atoms with van der Waals surface area (Å²) in [5, 5.41) is 7.96. The third-order valence-corrected chi connectivity index (χ3v) is 4.26. The van der Waals surface area contributed by atoms with Gasteiger partial charge in [0.15, 0.2) is 5.69 Å². The van der Waals surface area contributed by atoms with E-state index < -0.39 is 0 Å². The summed E-state index contributed by atoms with van der Waals surface area (Å²) in [6.45, 7) is 7.14. The van der Waals surface area contributed by atoms with Gasteiger partial charge >= 0.3 is 0 Å². The summed E-state index contributed by atoms with van der Waals surface area (Å²) in [6, 6.07) is 16.1. The van der Waals surface area contributed by atoms with E-state index in [4.69, 9.17) is 0 Å². The molecule has 124 valence electrons. The maximum atomic E-state index is 12.7. The number of hydrogen-bond acceptors (Lipinski definition) is 2. The number of rotatable bonds is 3. The van der Waals surface area contributed by atoms with Gasteiger partial charge in [-0.3, -0.25) is 9.89 Å². The summed E-state index contributed by atoms with van der Waals surface area (Å²) in [4.78, 5) is 14.4. The Morgan fingerprint density at radius 3 is 2.42 bits per heavy atom. The summed E-state index contributed by atoms with van der Waals surface area (Å²) in [7, 11) is 1.81. The maximum Gasteiger partial charge on any atom is 0.275 e. The highest BCUT2D eigenvalue weighted by Crippen LogP contribution is 2.23. The molecule has 0 unspecified atom stereocenters. The molecule has 0 bridgehead atoms. The van der Waals surface area contributed by atoms with Crippen LogP contribution < -0.4 is 0 Å². The topological polar surface area (TPSA) is 49.0 Å². The van der Waals surface area contributed by atoms with Gasteiger partial charge in [0, 0.05) is 19.0 Å². The number of H-pyrrole nitrogens is 1. The molecule has 1 N–H and O–H groups in total. The Morgan fingerprint density at radius 2 is 1.75 bits per heavy atom. The number of hydrogen-bond donors (Lipinski definition) is 1. The van der Waals surface area contributed by atoms with Gasteiger partial charge in [-0.25, -0.2) is 0 Å². The summed E-state index contributed by atoms with van der Waals surface area (Å²) < 4.78 is 0. The Kier molecular flexibility index (Phi) is 4.14. The van der Waals surface area contributed by atoms with Crippen molar-refractivity contribution in [2.45, 2.75) is 32.7 Å². The van der Waals surface area contributed by atoms with Crippen molar-refractivity contribution in [3.05, 3.63) is 65.4 Å². The molecule has 2 aromatic carbocycles. The Morgan fingerprint density at radius 1 is 1.08 bits per heavy atom. The number of nitrogens with zero attached hydrogens (tertiary/aromatic N) is 2. The monoisotopic (exact) mass is 321 g/mol. The van der Waals surface area contributed by atoms with E-state index in [9.17, 15) is 4.79 Å². The molecular formula is C20H23N3O. The van der Waals surface area contributed by atoms with E-state index >= 15 is 0 Å². The van der Waals surface area contributed by atoms with Gasteiger partial charge in [-0.2, -0.15) is 5.10 Å². The van der Waals surface area contributed by atoms with E-state index in [0.717, 1.165) is 16.5 Å². The lowest BCUT2D eigenvalue weighted by Gasteiger charge is -2.20. The predicted molar refractivity (Wildman–Crippen MR) is 97.0 cm³/mol. The standard InChI is InChI=1S/C20H23N3O/c1-20(2,3)15-11-9-14(10-12-15)13-23(4)19(24)18-16-7-5-6-8-17(16)21-22-18/h5-12H,13H2,1-4H3,(H,21,22). The molecule has 1 aromatic heterocycles. The van der Waals surface area contributed by atoms with Crippen molar-refractivity contribution in [3.63, 3.8) is 0 Å². The van der Waals surface area contributed by atoms with Crippen LogP contribution in [0.3, 0.4) is 0 Å². The molecule has 0 atom stereocenters. The predicted octanol–water partition coefficient (Wildman–Crippen LogP) is 4.13. The molecule has 4 nitrogen and oxygen atoms in total. The molecule has 0 fully saturated rings. The highest BCUT2D eigenvalue weighted by atomic mass is 16.2. The summed E-state index contributed by atoms with van der Waals surface area (Å²) >= 11 is 0. The van der Waals surface area contributed by atoms with Crippen LogP contribution in [0.5, 0.6) is 0 Å². The van der Waals surface area contributed by atoms with E-state index in [0.29, 0.717) is 12.2 Å². The Balaban J connectivity index is 1.77. The quantitative estimate of drug-likeness (QED) is 0.788. The third kappa shape index (κ3) is 3.18. The van der Waals surface area contributed by atoms with Gasteiger partial charge in [-0.05, 0) is 22.6 Å². The highest BCUT2D eigenvalue weighted by molar-refractivity contribution is 6.04. The zero-order chi connectivity index (χ0) is 17.3. The number of carbonyl (C=O) groups excluding carboxylic acids is 1. The number of carbonyl (C=O) groups is 1. The fraction of sp³-hybridized carbons (Fsp3) is 0.300. The molecule has 0 aliphatic heterocycles. The van der Waals surface area contributed by atoms with Crippen LogP contribution in [0, 0.1) is 0 Å². The third-order valence-electron chi connectivity index (χ3n) is 4.26. The van der Waals surface area contributed by atoms with Crippen LogP contribution in [0.15, 0.2) is 48.5 Å². The largest absolute Gasteiger partial charge is 0.336 e. The lowest BCUT2D eigenvalue weighted by molar-refractivity contribution is 0.0781. The highest BCUT2D eigenvalue weighted by Gasteiger charge is 2.18. The van der Waals surface area contributed by atoms with E-state index in [1.54, 1.807) is 4.90 Å². The lowest BCUT2D eigenvalue weighted by atomic mass is 9.87. The molecule has 0 aliphatic carbocycles. The summed E-state index contributed by atoms with van der Waals surface area (Å²) in [5.74, 6) is -0.0765. The first-order valence-electron chi connectivity index (χ1n) is 8.14. The van der Waals surface area contributed by atoms with Crippen molar-refractivity contribution in [3.8, 4) is 0 Å². The average molecular weight is 321 g/mol. The maximum absolute atomic E-state index is 12.7. The number of aromatic nitrogens is 2. The van der Waals surface area contributed by atoms with Crippen molar-refractivity contribution >= 4 is 16.8 Å². The van der Waals surface area contributed by atoms with Crippen molar-refractivity contribution in [2.75, 3.05) is 7.05 Å². The van der Waals surface area contributed by atoms with Crippen LogP contribution in [0.2, 0.25) is 0 Å². The normalized spacial score (nSPS) is 11.7. The lowest BCUT2D eigenvalue weighted by Crippen LogP contribution is -2.26. The van der Waals surface area contributed by atoms with E-state index in [1.165, 1.54) is 5.56 Å². The van der Waals surface area contributed by atoms with Crippen LogP contribution in [-0.4, -0.2) is 28.1 Å². The van der Waals surface area contributed by atoms with E-state index in [1.807, 2.05) is 31.3 Å². The molecular weight excluding hydrogens is 298 g/mol. The summed E-state index contributed by atoms with van der Waals surface area (Å²) in [5.41, 5.74) is 3.88. The summed E-state index contributed by atoms with van der Waals surface area (Å²) in [6.07, 6.45) is 0. The molecule has 1 amide bonds. The molecule has 0 saturated carbocycles. The van der Waals surface area contributed by atoms with Gasteiger partial charge in [-0.15, -0.1) is 0 Å². The molecule has 0 saturated heterocycles. The van der Waals surface area contributed by atoms with E-state index in [-0.39, 0.29) is 11.3 Å². The fourth-order valence-corrected chi connectivity index (χ4v) is 2.76. The van der Waals surface area contributed by atoms with Crippen LogP contribution in [0.4, 0.5) is 0 Å². The molecule has 0 radical (unpaired) electrons. The van der Waals surface area contributed by atoms with Gasteiger partial charge in [0.05, 0.1) is 5.52 Å². The first kappa shape index (κ1) is 16.2. The zero-order valence-electron chi connectivity index (χ0n) is 14.6. The zero-order valence-corrected chi connectivity index (χ0v) is 14.6. The molecule has 3 aromatic rings. The number of fused-ring (bicyclic) bond motifs is 1. The molecule has 24 heavy (non-hydrogen) atoms. The van der Waals surface area contributed by atoms with Crippen LogP contribution >= 0.6 is 0 Å². The van der Waals surface area contributed by atoms with Crippen molar-refractivity contribution < 1.29 is 4.79 Å². The SMILES string of the molecule is CN(Cc1ccc(C(C)(C)C)cc1)C(=O)c1n[nH]c2ccccc12. The second-order valence-corrected chi connectivity index (χ2v) is 7.23. The van der Waals surface area contributed by atoms with Gasteiger partial charge in [-0.1, -0.05) is 63.2 Å². The Hall–Kier alpha value is -2.62. The van der Waals surface area contributed by atoms with Crippen molar-refractivity contribution in [2.24, 2.45) is 0 Å². The second kappa shape index (κ2) is 6.11. The molecule has 1 heterocycles. The first-order chi connectivity index (χ1) is 11.4. The van der Waals surface area contributed by atoms with Crippen LogP contribution in [0.1, 0.15) is 42.4 Å². The number of nitrogens with one attached hydrogen (secondary N) is 1. The Labute approximate surface area is 142 Å². The molecule has 4 heteroatoms. The van der Waals surface area contributed by atoms with Gasteiger partial charge in [0.2, 0.25) is 0 Å². The second-order valence-electron chi connectivity index (χ2n) is 7.23. The van der Waals surface area contributed by atoms with E-state index in [2.05, 4.69) is 55.2 Å². The first-order valence-corrected chi connectivity index (χ1v) is 8.14. The molecule has 0 aliphatic rings. The Bertz CT molecular complexity index is 856. The number of aromatic amines is 1. The van der Waals surface area contributed by atoms with Crippen LogP contribution in [0.25, 0.3) is 10.9 Å². The minimum atomic E-state index is -0.0765. The number of amides is 1. The smallest absolute Gasteiger partial charge is 0.275 e. The fourth-order valence-electron chi connectivity index (χ4n) is 2.76. The minimum Gasteiger partial charge on any atom is -0.336 e. The molecule has 3 rings (SSSR count). The van der Waals surface area contributed by atoms with Crippen molar-refractivity contribution in [1.82, 2.24) is 15.1 Å². The number of para-hydroxylation sites is 1. The van der Waals surface area contributed by atoms with Crippen molar-refractivity contribution in [1.29, 1.82) is 0 Å². The van der Waals surface area contributed by atoms with Gasteiger partial charge in [0.25, 0.3) is 5.91 Å². The minimum absolute atomic E-state index is 0.0765. The van der Waals surface area contributed by atoms with Crippen LogP contribution in [-0.2, 0) is 12.0 Å². The average Bonchev–Trinajstić information content (AvgIpc) is 2.97. The van der Waals surface area contributed by atoms with Gasteiger partial charge in [0.1, 0.15) is 0 Å². The van der Waals surface area contributed by atoms with Gasteiger partial charge < -0.3 is 4.90 Å². The molecule has 0 spiro atoms. The number of benzene rings is 2.